The van der Waals surface area contributed by atoms with Crippen LogP contribution in [0.1, 0.15) is 46.5 Å². The Bertz CT molecular complexity index is 365. The van der Waals surface area contributed by atoms with E-state index in [1.807, 2.05) is 19.9 Å². The normalized spacial score (nSPS) is 19.7. The predicted molar refractivity (Wildman–Crippen MR) is 78.7 cm³/mol. The van der Waals surface area contributed by atoms with Gasteiger partial charge in [0.2, 0.25) is 0 Å². The molecule has 0 aromatic rings. The van der Waals surface area contributed by atoms with Crippen molar-refractivity contribution in [3.8, 4) is 0 Å². The molecule has 2 unspecified atom stereocenters. The van der Waals surface area contributed by atoms with E-state index >= 15 is 0 Å². The van der Waals surface area contributed by atoms with Crippen molar-refractivity contribution in [1.82, 2.24) is 0 Å². The van der Waals surface area contributed by atoms with E-state index in [9.17, 15) is 9.59 Å². The second kappa shape index (κ2) is 9.68. The molecule has 0 spiro atoms. The minimum atomic E-state index is -0.788. The van der Waals surface area contributed by atoms with Crippen LogP contribution in [0.3, 0.4) is 0 Å². The number of carbonyl (C=O) groups excluding carboxylic acids is 2. The standard InChI is InChI=1S/C16H26O5/c1-4-19-16(18)13(9-8-12(2)3)14(17)11-21-15-7-5-6-10-20-15/h8,13,15H,4-7,9-11H2,1-3H3. The first-order valence-electron chi connectivity index (χ1n) is 7.60. The van der Waals surface area contributed by atoms with Crippen LogP contribution in [0.2, 0.25) is 0 Å². The minimum absolute atomic E-state index is 0.106. The Morgan fingerprint density at radius 3 is 2.67 bits per heavy atom. The van der Waals surface area contributed by atoms with E-state index < -0.39 is 11.9 Å². The number of allylic oxidation sites excluding steroid dienone is 2. The molecular weight excluding hydrogens is 272 g/mol. The monoisotopic (exact) mass is 298 g/mol. The number of ether oxygens (including phenoxy) is 3. The van der Waals surface area contributed by atoms with Gasteiger partial charge in [-0.05, 0) is 46.5 Å². The topological polar surface area (TPSA) is 61.8 Å². The van der Waals surface area contributed by atoms with Crippen LogP contribution in [0.5, 0.6) is 0 Å². The first kappa shape index (κ1) is 17.9. The molecule has 0 radical (unpaired) electrons. The summed E-state index contributed by atoms with van der Waals surface area (Å²) in [4.78, 5) is 24.1. The Balaban J connectivity index is 2.52. The summed E-state index contributed by atoms with van der Waals surface area (Å²) < 4.78 is 15.8. The average molecular weight is 298 g/mol. The molecule has 1 rings (SSSR count). The summed E-state index contributed by atoms with van der Waals surface area (Å²) in [7, 11) is 0. The fourth-order valence-electron chi connectivity index (χ4n) is 2.07. The van der Waals surface area contributed by atoms with E-state index in [1.165, 1.54) is 0 Å². The Kier molecular flexibility index (Phi) is 8.23. The van der Waals surface area contributed by atoms with Crippen LogP contribution in [-0.4, -0.2) is 37.9 Å². The SMILES string of the molecule is CCOC(=O)C(CC=C(C)C)C(=O)COC1CCCCO1. The number of rotatable bonds is 8. The fraction of sp³-hybridized carbons (Fsp3) is 0.750. The molecule has 5 nitrogen and oxygen atoms in total. The maximum Gasteiger partial charge on any atom is 0.316 e. The lowest BCUT2D eigenvalue weighted by molar-refractivity contribution is -0.173. The zero-order valence-corrected chi connectivity index (χ0v) is 13.2. The van der Waals surface area contributed by atoms with E-state index in [2.05, 4.69) is 0 Å². The van der Waals surface area contributed by atoms with Crippen molar-refractivity contribution in [2.45, 2.75) is 52.7 Å². The molecular formula is C16H26O5. The van der Waals surface area contributed by atoms with Gasteiger partial charge in [0, 0.05) is 6.61 Å². The third-order valence-corrected chi connectivity index (χ3v) is 3.27. The van der Waals surface area contributed by atoms with Crippen molar-refractivity contribution in [1.29, 1.82) is 0 Å². The van der Waals surface area contributed by atoms with Gasteiger partial charge in [-0.25, -0.2) is 0 Å². The molecule has 0 bridgehead atoms. The van der Waals surface area contributed by atoms with Crippen molar-refractivity contribution < 1.29 is 23.8 Å². The van der Waals surface area contributed by atoms with Crippen LogP contribution >= 0.6 is 0 Å². The highest BCUT2D eigenvalue weighted by atomic mass is 16.7. The lowest BCUT2D eigenvalue weighted by Gasteiger charge is -2.23. The molecule has 2 atom stereocenters. The van der Waals surface area contributed by atoms with Gasteiger partial charge in [-0.15, -0.1) is 0 Å². The molecule has 1 heterocycles. The molecule has 0 N–H and O–H groups in total. The largest absolute Gasteiger partial charge is 0.465 e. The molecule has 120 valence electrons. The smallest absolute Gasteiger partial charge is 0.316 e. The van der Waals surface area contributed by atoms with Gasteiger partial charge in [0.05, 0.1) is 6.61 Å². The Morgan fingerprint density at radius 2 is 2.10 bits per heavy atom. The van der Waals surface area contributed by atoms with E-state index in [4.69, 9.17) is 14.2 Å². The lowest BCUT2D eigenvalue weighted by atomic mass is 9.99. The Hall–Kier alpha value is -1.20. The van der Waals surface area contributed by atoms with E-state index in [0.717, 1.165) is 24.8 Å². The van der Waals surface area contributed by atoms with Crippen LogP contribution in [0, 0.1) is 5.92 Å². The summed E-state index contributed by atoms with van der Waals surface area (Å²) in [6, 6.07) is 0. The Morgan fingerprint density at radius 1 is 1.33 bits per heavy atom. The second-order valence-electron chi connectivity index (χ2n) is 5.40. The number of carbonyl (C=O) groups is 2. The predicted octanol–water partition coefficient (Wildman–Crippen LogP) is 2.63. The molecule has 5 heteroatoms. The van der Waals surface area contributed by atoms with Gasteiger partial charge in [0.1, 0.15) is 12.5 Å². The van der Waals surface area contributed by atoms with Crippen molar-refractivity contribution in [3.63, 3.8) is 0 Å². The van der Waals surface area contributed by atoms with Crippen LogP contribution in [0.4, 0.5) is 0 Å². The van der Waals surface area contributed by atoms with Crippen molar-refractivity contribution >= 4 is 11.8 Å². The number of hydrogen-bond donors (Lipinski definition) is 0. The number of esters is 1. The molecule has 0 aromatic carbocycles. The maximum atomic E-state index is 12.2. The highest BCUT2D eigenvalue weighted by Gasteiger charge is 2.28. The average Bonchev–Trinajstić information content (AvgIpc) is 2.46. The van der Waals surface area contributed by atoms with E-state index in [-0.39, 0.29) is 25.3 Å². The van der Waals surface area contributed by atoms with Gasteiger partial charge in [-0.3, -0.25) is 9.59 Å². The van der Waals surface area contributed by atoms with Crippen LogP contribution in [-0.2, 0) is 23.8 Å². The molecule has 1 saturated heterocycles. The third-order valence-electron chi connectivity index (χ3n) is 3.27. The summed E-state index contributed by atoms with van der Waals surface area (Å²) in [5.41, 5.74) is 1.06. The first-order valence-corrected chi connectivity index (χ1v) is 7.60. The zero-order valence-electron chi connectivity index (χ0n) is 13.2. The molecule has 0 aromatic heterocycles. The molecule has 21 heavy (non-hydrogen) atoms. The molecule has 0 aliphatic carbocycles. The molecule has 0 amide bonds. The first-order chi connectivity index (χ1) is 10.0. The third kappa shape index (κ3) is 6.87. The van der Waals surface area contributed by atoms with Gasteiger partial charge in [0.15, 0.2) is 12.1 Å². The minimum Gasteiger partial charge on any atom is -0.465 e. The molecule has 0 saturated carbocycles. The van der Waals surface area contributed by atoms with E-state index in [1.54, 1.807) is 6.92 Å². The second-order valence-corrected chi connectivity index (χ2v) is 5.40. The molecule has 1 aliphatic heterocycles. The van der Waals surface area contributed by atoms with Gasteiger partial charge in [0.25, 0.3) is 0 Å². The van der Waals surface area contributed by atoms with Gasteiger partial charge in [-0.1, -0.05) is 11.6 Å². The molecule has 1 aliphatic rings. The summed E-state index contributed by atoms with van der Waals surface area (Å²) >= 11 is 0. The maximum absolute atomic E-state index is 12.2. The number of hydrogen-bond acceptors (Lipinski definition) is 5. The van der Waals surface area contributed by atoms with Gasteiger partial charge >= 0.3 is 5.97 Å². The van der Waals surface area contributed by atoms with Crippen LogP contribution < -0.4 is 0 Å². The summed E-state index contributed by atoms with van der Waals surface area (Å²) in [5.74, 6) is -1.52. The van der Waals surface area contributed by atoms with Crippen LogP contribution in [0.15, 0.2) is 11.6 Å². The van der Waals surface area contributed by atoms with Crippen molar-refractivity contribution in [2.24, 2.45) is 5.92 Å². The van der Waals surface area contributed by atoms with Crippen molar-refractivity contribution in [3.05, 3.63) is 11.6 Å². The van der Waals surface area contributed by atoms with Crippen molar-refractivity contribution in [2.75, 3.05) is 19.8 Å². The summed E-state index contributed by atoms with van der Waals surface area (Å²) in [6.45, 7) is 6.41. The zero-order chi connectivity index (χ0) is 15.7. The quantitative estimate of drug-likeness (QED) is 0.391. The van der Waals surface area contributed by atoms with Gasteiger partial charge in [-0.2, -0.15) is 0 Å². The van der Waals surface area contributed by atoms with Crippen LogP contribution in [0.25, 0.3) is 0 Å². The highest BCUT2D eigenvalue weighted by molar-refractivity contribution is 5.99. The Labute approximate surface area is 126 Å². The summed E-state index contributed by atoms with van der Waals surface area (Å²) in [5, 5.41) is 0. The number of ketones is 1. The lowest BCUT2D eigenvalue weighted by Crippen LogP contribution is -2.32. The molecule has 1 fully saturated rings. The number of Topliss-reactive ketones (excluding diaryl/α,β-unsaturated/α-hetero) is 1. The fourth-order valence-corrected chi connectivity index (χ4v) is 2.07. The summed E-state index contributed by atoms with van der Waals surface area (Å²) in [6.07, 6.45) is 4.77. The van der Waals surface area contributed by atoms with Gasteiger partial charge < -0.3 is 14.2 Å². The van der Waals surface area contributed by atoms with E-state index in [0.29, 0.717) is 13.0 Å². The highest BCUT2D eigenvalue weighted by Crippen LogP contribution is 2.16.